The maximum Gasteiger partial charge on any atom is 0.254 e. The molecule has 1 atom stereocenters. The fraction of sp³-hybridized carbons (Fsp3) is 0.263. The normalized spacial score (nSPS) is 12.2. The van der Waals surface area contributed by atoms with Gasteiger partial charge in [-0.25, -0.2) is 4.98 Å². The van der Waals surface area contributed by atoms with Crippen LogP contribution in [0.5, 0.6) is 5.75 Å². The molecule has 0 aliphatic heterocycles. The van der Waals surface area contributed by atoms with Gasteiger partial charge >= 0.3 is 0 Å². The van der Waals surface area contributed by atoms with Gasteiger partial charge in [0.25, 0.3) is 5.91 Å². The van der Waals surface area contributed by atoms with Crippen molar-refractivity contribution in [2.45, 2.75) is 19.9 Å². The zero-order valence-electron chi connectivity index (χ0n) is 14.2. The van der Waals surface area contributed by atoms with Crippen LogP contribution in [0.25, 0.3) is 10.2 Å². The van der Waals surface area contributed by atoms with Gasteiger partial charge in [0.05, 0.1) is 23.4 Å². The van der Waals surface area contributed by atoms with Crippen molar-refractivity contribution in [3.63, 3.8) is 0 Å². The molecule has 1 amide bonds. The quantitative estimate of drug-likeness (QED) is 0.705. The highest BCUT2D eigenvalue weighted by atomic mass is 32.1. The lowest BCUT2D eigenvalue weighted by Crippen LogP contribution is -2.29. The van der Waals surface area contributed by atoms with Gasteiger partial charge in [0.2, 0.25) is 0 Å². The van der Waals surface area contributed by atoms with Crippen molar-refractivity contribution in [3.05, 3.63) is 58.6 Å². The summed E-state index contributed by atoms with van der Waals surface area (Å²) in [6, 6.07) is 13.5. The van der Waals surface area contributed by atoms with Gasteiger partial charge in [-0.15, -0.1) is 11.3 Å². The number of fused-ring (bicyclic) bond motifs is 1. The van der Waals surface area contributed by atoms with Crippen molar-refractivity contribution in [2.75, 3.05) is 14.2 Å². The van der Waals surface area contributed by atoms with Crippen LogP contribution in [0.15, 0.2) is 42.5 Å². The number of methoxy groups -OCH3 is 1. The molecule has 0 N–H and O–H groups in total. The predicted octanol–water partition coefficient (Wildman–Crippen LogP) is 4.45. The first kappa shape index (κ1) is 16.5. The van der Waals surface area contributed by atoms with Crippen molar-refractivity contribution in [1.29, 1.82) is 0 Å². The van der Waals surface area contributed by atoms with Crippen LogP contribution in [0, 0.1) is 6.92 Å². The van der Waals surface area contributed by atoms with E-state index in [9.17, 15) is 4.79 Å². The summed E-state index contributed by atoms with van der Waals surface area (Å²) in [4.78, 5) is 19.2. The highest BCUT2D eigenvalue weighted by molar-refractivity contribution is 7.18. The number of hydrogen-bond acceptors (Lipinski definition) is 4. The highest BCUT2D eigenvalue weighted by Gasteiger charge is 2.22. The zero-order chi connectivity index (χ0) is 17.3. The van der Waals surface area contributed by atoms with E-state index in [0.29, 0.717) is 5.56 Å². The third-order valence-electron chi connectivity index (χ3n) is 4.22. The SMILES string of the molecule is COc1cc(C(=O)N(C)[C@@H](C)c2nc3ccccc3s2)ccc1C. The van der Waals surface area contributed by atoms with Crippen LogP contribution in [0.2, 0.25) is 0 Å². The number of aryl methyl sites for hydroxylation is 1. The number of thiazole rings is 1. The second-order valence-corrected chi connectivity index (χ2v) is 6.86. The molecule has 0 aliphatic carbocycles. The summed E-state index contributed by atoms with van der Waals surface area (Å²) in [6.07, 6.45) is 0. The van der Waals surface area contributed by atoms with Crippen molar-refractivity contribution in [3.8, 4) is 5.75 Å². The van der Waals surface area contributed by atoms with Crippen molar-refractivity contribution in [1.82, 2.24) is 9.88 Å². The van der Waals surface area contributed by atoms with E-state index in [4.69, 9.17) is 4.74 Å². The minimum atomic E-state index is -0.0952. The molecule has 0 aliphatic rings. The van der Waals surface area contributed by atoms with E-state index in [0.717, 1.165) is 26.5 Å². The molecule has 0 bridgehead atoms. The fourth-order valence-corrected chi connectivity index (χ4v) is 3.63. The lowest BCUT2D eigenvalue weighted by molar-refractivity contribution is 0.0742. The zero-order valence-corrected chi connectivity index (χ0v) is 15.1. The van der Waals surface area contributed by atoms with Crippen LogP contribution >= 0.6 is 11.3 Å². The number of benzene rings is 2. The first-order chi connectivity index (χ1) is 11.5. The van der Waals surface area contributed by atoms with Gasteiger partial charge in [-0.05, 0) is 43.7 Å². The molecular weight excluding hydrogens is 320 g/mol. The molecule has 1 heterocycles. The Morgan fingerprint density at radius 1 is 1.25 bits per heavy atom. The minimum absolute atomic E-state index is 0.0416. The maximum atomic E-state index is 12.8. The Labute approximate surface area is 145 Å². The number of ether oxygens (including phenoxy) is 1. The Balaban J connectivity index is 1.86. The molecule has 5 heteroatoms. The Bertz CT molecular complexity index is 855. The summed E-state index contributed by atoms with van der Waals surface area (Å²) in [7, 11) is 3.43. The summed E-state index contributed by atoms with van der Waals surface area (Å²) in [5, 5.41) is 0.936. The molecule has 0 unspecified atom stereocenters. The molecular formula is C19H20N2O2S. The first-order valence-electron chi connectivity index (χ1n) is 7.78. The molecule has 124 valence electrons. The maximum absolute atomic E-state index is 12.8. The third kappa shape index (κ3) is 2.99. The molecule has 0 saturated heterocycles. The summed E-state index contributed by atoms with van der Waals surface area (Å²) >= 11 is 1.63. The molecule has 0 spiro atoms. The van der Waals surface area contributed by atoms with Gasteiger partial charge in [-0.3, -0.25) is 4.79 Å². The van der Waals surface area contributed by atoms with E-state index < -0.39 is 0 Å². The summed E-state index contributed by atoms with van der Waals surface area (Å²) in [5.41, 5.74) is 2.60. The number of nitrogens with zero attached hydrogens (tertiary/aromatic N) is 2. The molecule has 3 rings (SSSR count). The van der Waals surface area contributed by atoms with E-state index in [1.165, 1.54) is 0 Å². The van der Waals surface area contributed by atoms with Crippen LogP contribution in [0.3, 0.4) is 0 Å². The van der Waals surface area contributed by atoms with Crippen LogP contribution in [0.4, 0.5) is 0 Å². The smallest absolute Gasteiger partial charge is 0.254 e. The van der Waals surface area contributed by atoms with Gasteiger partial charge in [-0.2, -0.15) is 0 Å². The Morgan fingerprint density at radius 2 is 2.00 bits per heavy atom. The number of hydrogen-bond donors (Lipinski definition) is 0. The molecule has 0 radical (unpaired) electrons. The molecule has 2 aromatic carbocycles. The number of carbonyl (C=O) groups is 1. The summed E-state index contributed by atoms with van der Waals surface area (Å²) in [6.45, 7) is 3.96. The number of amides is 1. The van der Waals surface area contributed by atoms with Crippen LogP contribution in [0.1, 0.15) is 33.9 Å². The number of carbonyl (C=O) groups excluding carboxylic acids is 1. The van der Waals surface area contributed by atoms with Gasteiger partial charge in [0, 0.05) is 12.6 Å². The van der Waals surface area contributed by atoms with E-state index in [-0.39, 0.29) is 11.9 Å². The second-order valence-electron chi connectivity index (χ2n) is 5.80. The fourth-order valence-electron chi connectivity index (χ4n) is 2.57. The van der Waals surface area contributed by atoms with E-state index in [1.807, 2.05) is 51.2 Å². The van der Waals surface area contributed by atoms with Gasteiger partial charge in [-0.1, -0.05) is 18.2 Å². The Hall–Kier alpha value is -2.40. The summed E-state index contributed by atoms with van der Waals surface area (Å²) < 4.78 is 6.46. The highest BCUT2D eigenvalue weighted by Crippen LogP contribution is 2.30. The van der Waals surface area contributed by atoms with Crippen LogP contribution in [-0.4, -0.2) is 29.9 Å². The largest absolute Gasteiger partial charge is 0.496 e. The topological polar surface area (TPSA) is 42.4 Å². The van der Waals surface area contributed by atoms with Crippen molar-refractivity contribution < 1.29 is 9.53 Å². The molecule has 4 nitrogen and oxygen atoms in total. The third-order valence-corrected chi connectivity index (χ3v) is 5.43. The van der Waals surface area contributed by atoms with E-state index >= 15 is 0 Å². The number of para-hydroxylation sites is 1. The molecule has 1 aromatic heterocycles. The first-order valence-corrected chi connectivity index (χ1v) is 8.60. The molecule has 3 aromatic rings. The minimum Gasteiger partial charge on any atom is -0.496 e. The van der Waals surface area contributed by atoms with Gasteiger partial charge < -0.3 is 9.64 Å². The average molecular weight is 340 g/mol. The lowest BCUT2D eigenvalue weighted by Gasteiger charge is -2.23. The standard InChI is InChI=1S/C19H20N2O2S/c1-12-9-10-14(11-16(12)23-4)19(22)21(3)13(2)18-20-15-7-5-6-8-17(15)24-18/h5-11,13H,1-4H3/t13-/m0/s1. The molecule has 0 fully saturated rings. The van der Waals surface area contributed by atoms with E-state index in [1.54, 1.807) is 29.4 Å². The van der Waals surface area contributed by atoms with E-state index in [2.05, 4.69) is 11.1 Å². The van der Waals surface area contributed by atoms with Crippen molar-refractivity contribution in [2.24, 2.45) is 0 Å². The Morgan fingerprint density at radius 3 is 2.71 bits per heavy atom. The second kappa shape index (κ2) is 6.61. The van der Waals surface area contributed by atoms with Gasteiger partial charge in [0.15, 0.2) is 0 Å². The van der Waals surface area contributed by atoms with Crippen LogP contribution in [-0.2, 0) is 0 Å². The number of aromatic nitrogens is 1. The summed E-state index contributed by atoms with van der Waals surface area (Å²) in [5.74, 6) is 0.682. The van der Waals surface area contributed by atoms with Crippen LogP contribution < -0.4 is 4.74 Å². The molecule has 0 saturated carbocycles. The van der Waals surface area contributed by atoms with Gasteiger partial charge in [0.1, 0.15) is 10.8 Å². The predicted molar refractivity (Wildman–Crippen MR) is 97.9 cm³/mol. The average Bonchev–Trinajstić information content (AvgIpc) is 3.04. The monoisotopic (exact) mass is 340 g/mol. The lowest BCUT2D eigenvalue weighted by atomic mass is 10.1. The number of rotatable bonds is 4. The van der Waals surface area contributed by atoms with Crippen molar-refractivity contribution >= 4 is 27.5 Å². The molecule has 24 heavy (non-hydrogen) atoms. The Kier molecular flexibility index (Phi) is 4.53.